The van der Waals surface area contributed by atoms with Crippen LogP contribution >= 0.6 is 0 Å². The van der Waals surface area contributed by atoms with Crippen LogP contribution in [0.3, 0.4) is 0 Å². The summed E-state index contributed by atoms with van der Waals surface area (Å²) < 4.78 is 5.27. The molecule has 208 valence electrons. The summed E-state index contributed by atoms with van der Waals surface area (Å²) in [5.41, 5.74) is 8.98. The van der Waals surface area contributed by atoms with Gasteiger partial charge in [0.05, 0.1) is 11.8 Å². The average Bonchev–Trinajstić information content (AvgIpc) is 3.25. The fraction of sp³-hybridized carbons (Fsp3) is 0.281. The number of hydrazine groups is 1. The third kappa shape index (κ3) is 4.28. The summed E-state index contributed by atoms with van der Waals surface area (Å²) in [5.74, 6) is -5.22. The van der Waals surface area contributed by atoms with Gasteiger partial charge in [0.2, 0.25) is 11.8 Å². The van der Waals surface area contributed by atoms with Crippen molar-refractivity contribution >= 4 is 29.6 Å². The van der Waals surface area contributed by atoms with Gasteiger partial charge < -0.3 is 4.74 Å². The predicted molar refractivity (Wildman–Crippen MR) is 147 cm³/mol. The highest BCUT2D eigenvalue weighted by Gasteiger charge is 2.63. The van der Waals surface area contributed by atoms with Crippen LogP contribution in [0.1, 0.15) is 58.3 Å². The Labute approximate surface area is 236 Å². The highest BCUT2D eigenvalue weighted by Crippen LogP contribution is 2.61. The van der Waals surface area contributed by atoms with E-state index in [2.05, 4.69) is 10.9 Å². The first-order valence-electron chi connectivity index (χ1n) is 13.6. The summed E-state index contributed by atoms with van der Waals surface area (Å²) >= 11 is 0. The Morgan fingerprint density at radius 2 is 1.20 bits per heavy atom. The maximum Gasteiger partial charge on any atom is 0.330 e. The van der Waals surface area contributed by atoms with Gasteiger partial charge in [-0.1, -0.05) is 80.6 Å². The van der Waals surface area contributed by atoms with E-state index in [1.54, 1.807) is 44.2 Å². The molecule has 0 spiro atoms. The highest BCUT2D eigenvalue weighted by molar-refractivity contribution is 6.10. The van der Waals surface area contributed by atoms with Gasteiger partial charge in [-0.2, -0.15) is 0 Å². The molecule has 1 fully saturated rings. The zero-order valence-electron chi connectivity index (χ0n) is 22.6. The van der Waals surface area contributed by atoms with Crippen LogP contribution in [0, 0.1) is 17.8 Å². The van der Waals surface area contributed by atoms with Gasteiger partial charge in [-0.3, -0.25) is 34.9 Å². The van der Waals surface area contributed by atoms with Crippen molar-refractivity contribution in [1.29, 1.82) is 0 Å². The normalized spacial score (nSPS) is 22.5. The fourth-order valence-electron chi connectivity index (χ4n) is 6.70. The summed E-state index contributed by atoms with van der Waals surface area (Å²) in [4.78, 5) is 66.9. The zero-order valence-corrected chi connectivity index (χ0v) is 22.6. The molecule has 7 rings (SSSR count). The molecule has 0 unspecified atom stereocenters. The van der Waals surface area contributed by atoms with Crippen LogP contribution in [-0.2, 0) is 23.9 Å². The first kappa shape index (κ1) is 26.4. The molecule has 2 bridgehead atoms. The quantitative estimate of drug-likeness (QED) is 0.276. The molecule has 0 aromatic heterocycles. The molecule has 41 heavy (non-hydrogen) atoms. The van der Waals surface area contributed by atoms with Gasteiger partial charge in [-0.25, -0.2) is 4.79 Å². The van der Waals surface area contributed by atoms with Crippen molar-refractivity contribution in [2.45, 2.75) is 31.7 Å². The summed E-state index contributed by atoms with van der Waals surface area (Å²) in [6, 6.07) is 22.9. The second-order valence-corrected chi connectivity index (χ2v) is 11.0. The fourth-order valence-corrected chi connectivity index (χ4v) is 6.70. The summed E-state index contributed by atoms with van der Waals surface area (Å²) in [7, 11) is 0. The first-order valence-corrected chi connectivity index (χ1v) is 13.6. The standard InChI is InChI=1S/C32H29N3O6/c1-17(2)28(32(40)41-16-23(36)33-34-29(37)18-10-4-3-5-11-18)35-30(38)26-24-19-12-6-7-13-20(19)25(27(26)31(35)39)22-15-9-8-14-21(22)24/h3-15,17,24-28H,16H2,1-2H3,(H,33,36)(H,34,37)/t24?,25?,26-,27+,28-/m1/s1. The van der Waals surface area contributed by atoms with Crippen LogP contribution in [0.4, 0.5) is 0 Å². The van der Waals surface area contributed by atoms with Crippen molar-refractivity contribution in [1.82, 2.24) is 15.8 Å². The molecule has 9 nitrogen and oxygen atoms in total. The number of ether oxygens (including phenoxy) is 1. The Hall–Kier alpha value is -4.79. The number of carbonyl (C=O) groups excluding carboxylic acids is 5. The van der Waals surface area contributed by atoms with Crippen molar-refractivity contribution in [2.75, 3.05) is 6.61 Å². The van der Waals surface area contributed by atoms with Crippen molar-refractivity contribution < 1.29 is 28.7 Å². The van der Waals surface area contributed by atoms with Gasteiger partial charge in [0.1, 0.15) is 6.04 Å². The molecular formula is C32H29N3O6. The molecule has 1 aliphatic heterocycles. The van der Waals surface area contributed by atoms with E-state index in [1.165, 1.54) is 0 Å². The Morgan fingerprint density at radius 3 is 1.66 bits per heavy atom. The van der Waals surface area contributed by atoms with Crippen LogP contribution in [0.5, 0.6) is 0 Å². The number of rotatable bonds is 6. The monoisotopic (exact) mass is 551 g/mol. The zero-order chi connectivity index (χ0) is 28.8. The maximum absolute atomic E-state index is 14.0. The Morgan fingerprint density at radius 1 is 0.732 bits per heavy atom. The molecule has 2 N–H and O–H groups in total. The highest BCUT2D eigenvalue weighted by atomic mass is 16.5. The van der Waals surface area contributed by atoms with Crippen molar-refractivity contribution in [3.8, 4) is 0 Å². The van der Waals surface area contributed by atoms with Crippen LogP contribution in [0.25, 0.3) is 0 Å². The predicted octanol–water partition coefficient (Wildman–Crippen LogP) is 2.91. The van der Waals surface area contributed by atoms with Gasteiger partial charge in [0.25, 0.3) is 11.8 Å². The Bertz CT molecular complexity index is 1450. The molecule has 4 aliphatic rings. The molecule has 3 atom stereocenters. The number of carbonyl (C=O) groups is 5. The largest absolute Gasteiger partial charge is 0.454 e. The molecule has 3 aromatic rings. The first-order chi connectivity index (χ1) is 19.8. The molecular weight excluding hydrogens is 522 g/mol. The van der Waals surface area contributed by atoms with E-state index >= 15 is 0 Å². The van der Waals surface area contributed by atoms with Gasteiger partial charge in [-0.15, -0.1) is 0 Å². The molecule has 1 saturated heterocycles. The van der Waals surface area contributed by atoms with Crippen LogP contribution in [0.2, 0.25) is 0 Å². The van der Waals surface area contributed by atoms with E-state index in [9.17, 15) is 24.0 Å². The summed E-state index contributed by atoms with van der Waals surface area (Å²) in [6.07, 6.45) is 0. The SMILES string of the molecule is CC(C)[C@H](C(=O)OCC(=O)NNC(=O)c1ccccc1)N1C(=O)[C@@H]2C3c4ccccc4C(c4ccccc43)[C@@H]2C1=O. The van der Waals surface area contributed by atoms with Crippen molar-refractivity contribution in [3.63, 3.8) is 0 Å². The number of likely N-dealkylation sites (tertiary alicyclic amines) is 1. The Kier molecular flexibility index (Phi) is 6.65. The second kappa shape index (κ2) is 10.3. The average molecular weight is 552 g/mol. The molecule has 4 amide bonds. The van der Waals surface area contributed by atoms with Gasteiger partial charge in [0.15, 0.2) is 6.61 Å². The summed E-state index contributed by atoms with van der Waals surface area (Å²) in [6.45, 7) is 2.77. The minimum absolute atomic E-state index is 0.290. The summed E-state index contributed by atoms with van der Waals surface area (Å²) in [5, 5.41) is 0. The molecule has 1 heterocycles. The van der Waals surface area contributed by atoms with Gasteiger partial charge in [-0.05, 0) is 40.3 Å². The molecule has 3 aliphatic carbocycles. The lowest BCUT2D eigenvalue weighted by Crippen LogP contribution is -2.50. The topological polar surface area (TPSA) is 122 Å². The maximum atomic E-state index is 14.0. The van der Waals surface area contributed by atoms with Crippen LogP contribution in [-0.4, -0.2) is 47.1 Å². The molecule has 3 aromatic carbocycles. The lowest BCUT2D eigenvalue weighted by atomic mass is 9.55. The number of nitrogens with zero attached hydrogens (tertiary/aromatic N) is 1. The van der Waals surface area contributed by atoms with E-state index < -0.39 is 60.0 Å². The number of hydrogen-bond acceptors (Lipinski definition) is 6. The minimum atomic E-state index is -1.20. The molecule has 9 heteroatoms. The third-order valence-corrected chi connectivity index (χ3v) is 8.33. The van der Waals surface area contributed by atoms with Crippen molar-refractivity contribution in [3.05, 3.63) is 107 Å². The van der Waals surface area contributed by atoms with E-state index in [-0.39, 0.29) is 11.8 Å². The van der Waals surface area contributed by atoms with E-state index in [0.717, 1.165) is 27.2 Å². The number of benzene rings is 3. The molecule has 0 saturated carbocycles. The van der Waals surface area contributed by atoms with Gasteiger partial charge in [0, 0.05) is 17.4 Å². The van der Waals surface area contributed by atoms with Crippen LogP contribution < -0.4 is 10.9 Å². The Balaban J connectivity index is 1.20. The van der Waals surface area contributed by atoms with Gasteiger partial charge >= 0.3 is 5.97 Å². The number of amides is 4. The number of esters is 1. The van der Waals surface area contributed by atoms with Crippen molar-refractivity contribution in [2.24, 2.45) is 17.8 Å². The number of imide groups is 1. The number of nitrogens with one attached hydrogen (secondary N) is 2. The second-order valence-electron chi connectivity index (χ2n) is 11.0. The lowest BCUT2D eigenvalue weighted by molar-refractivity contribution is -0.162. The minimum Gasteiger partial charge on any atom is -0.454 e. The number of hydrogen-bond donors (Lipinski definition) is 2. The van der Waals surface area contributed by atoms with E-state index in [0.29, 0.717) is 5.56 Å². The lowest BCUT2D eigenvalue weighted by Gasteiger charge is -2.45. The third-order valence-electron chi connectivity index (χ3n) is 8.33. The van der Waals surface area contributed by atoms with Crippen LogP contribution in [0.15, 0.2) is 78.9 Å². The molecule has 0 radical (unpaired) electrons. The van der Waals surface area contributed by atoms with E-state index in [1.807, 2.05) is 48.5 Å². The van der Waals surface area contributed by atoms with E-state index in [4.69, 9.17) is 4.74 Å². The smallest absolute Gasteiger partial charge is 0.330 e.